The maximum atomic E-state index is 10.2. The van der Waals surface area contributed by atoms with Crippen LogP contribution in [0.25, 0.3) is 0 Å². The first kappa shape index (κ1) is 24.4. The lowest BCUT2D eigenvalue weighted by Gasteiger charge is -2.00. The summed E-state index contributed by atoms with van der Waals surface area (Å²) < 4.78 is 0. The van der Waals surface area contributed by atoms with Crippen LogP contribution in [0.3, 0.4) is 0 Å². The second kappa shape index (κ2) is 23.5. The van der Waals surface area contributed by atoms with Gasteiger partial charge < -0.3 is 10.2 Å². The normalized spacial score (nSPS) is 8.62. The average molecular weight is 300 g/mol. The Kier molecular flexibility index (Phi) is 27.4. The minimum Gasteiger partial charge on any atom is -0.481 e. The van der Waals surface area contributed by atoms with Crippen LogP contribution in [0.15, 0.2) is 25.8 Å². The molecule has 4 heteroatoms. The quantitative estimate of drug-likeness (QED) is 0.318. The monoisotopic (exact) mass is 300 g/mol. The molecule has 0 aliphatic rings. The molecular weight excluding hydrogens is 268 g/mol. The molecule has 0 bridgehead atoms. The van der Waals surface area contributed by atoms with E-state index in [-0.39, 0.29) is 0 Å². The Morgan fingerprint density at radius 1 is 0.857 bits per heavy atom. The molecule has 0 aliphatic heterocycles. The van der Waals surface area contributed by atoms with Gasteiger partial charge in [-0.1, -0.05) is 64.9 Å². The molecule has 0 radical (unpaired) electrons. The van der Waals surface area contributed by atoms with E-state index >= 15 is 0 Å². The molecule has 0 unspecified atom stereocenters. The summed E-state index contributed by atoms with van der Waals surface area (Å²) in [7, 11) is 0. The summed E-state index contributed by atoms with van der Waals surface area (Å²) in [5.41, 5.74) is 0. The summed E-state index contributed by atoms with van der Waals surface area (Å²) in [6.07, 6.45) is 12.3. The van der Waals surface area contributed by atoms with Crippen LogP contribution < -0.4 is 0 Å². The number of rotatable bonds is 11. The van der Waals surface area contributed by atoms with Crippen molar-refractivity contribution in [1.29, 1.82) is 0 Å². The van der Waals surface area contributed by atoms with E-state index < -0.39 is 11.9 Å². The molecule has 0 aromatic rings. The van der Waals surface area contributed by atoms with Crippen molar-refractivity contribution in [1.82, 2.24) is 0 Å². The van der Waals surface area contributed by atoms with Crippen LogP contribution in [0.5, 0.6) is 0 Å². The fourth-order valence-corrected chi connectivity index (χ4v) is 1.59. The largest absolute Gasteiger partial charge is 0.481 e. The van der Waals surface area contributed by atoms with Crippen molar-refractivity contribution in [3.8, 4) is 0 Å². The van der Waals surface area contributed by atoms with E-state index in [0.717, 1.165) is 18.9 Å². The molecule has 0 rings (SSSR count). The van der Waals surface area contributed by atoms with E-state index in [1.165, 1.54) is 44.9 Å². The standard InChI is InChI=1S/C12H24O2.C3H4O2.C2H4/c1-2-3-4-5-6-7-8-9-10-11-12(13)14;1-2-3(4)5;1-2/h2-11H2,1H3,(H,13,14);2H,1H2,(H,4,5);1-2H2. The Labute approximate surface area is 129 Å². The summed E-state index contributed by atoms with van der Waals surface area (Å²) in [5, 5.41) is 16.0. The minimum atomic E-state index is -0.981. The molecule has 0 amide bonds. The van der Waals surface area contributed by atoms with Crippen molar-refractivity contribution in [2.24, 2.45) is 0 Å². The minimum absolute atomic E-state index is 0.343. The molecule has 0 spiro atoms. The first-order valence-electron chi connectivity index (χ1n) is 7.61. The van der Waals surface area contributed by atoms with Crippen LogP contribution in [0.1, 0.15) is 71.1 Å². The zero-order chi connectivity index (χ0) is 16.9. The maximum absolute atomic E-state index is 10.2. The van der Waals surface area contributed by atoms with Gasteiger partial charge in [-0.25, -0.2) is 4.79 Å². The molecule has 0 saturated carbocycles. The van der Waals surface area contributed by atoms with Crippen LogP contribution in [0, 0.1) is 0 Å². The van der Waals surface area contributed by atoms with Gasteiger partial charge in [0.1, 0.15) is 0 Å². The molecule has 0 aromatic heterocycles. The lowest BCUT2D eigenvalue weighted by Crippen LogP contribution is -1.93. The molecule has 21 heavy (non-hydrogen) atoms. The van der Waals surface area contributed by atoms with Crippen molar-refractivity contribution in [3.05, 3.63) is 25.8 Å². The molecule has 0 heterocycles. The third-order valence-electron chi connectivity index (χ3n) is 2.67. The number of carboxylic acid groups (broad SMARTS) is 2. The van der Waals surface area contributed by atoms with Crippen LogP contribution in [-0.4, -0.2) is 22.2 Å². The van der Waals surface area contributed by atoms with E-state index in [4.69, 9.17) is 10.2 Å². The second-order valence-electron chi connectivity index (χ2n) is 4.51. The molecule has 0 aromatic carbocycles. The molecular formula is C17H32O4. The van der Waals surface area contributed by atoms with Crippen molar-refractivity contribution in [3.63, 3.8) is 0 Å². The Hall–Kier alpha value is -1.58. The molecule has 0 aliphatic carbocycles. The van der Waals surface area contributed by atoms with E-state index in [9.17, 15) is 9.59 Å². The Bertz CT molecular complexity index is 249. The van der Waals surface area contributed by atoms with Gasteiger partial charge in [0.25, 0.3) is 0 Å². The Balaban J connectivity index is -0.000000389. The predicted octanol–water partition coefficient (Wildman–Crippen LogP) is 5.05. The first-order valence-corrected chi connectivity index (χ1v) is 7.61. The van der Waals surface area contributed by atoms with E-state index in [1.54, 1.807) is 0 Å². The molecule has 0 atom stereocenters. The highest BCUT2D eigenvalue weighted by Crippen LogP contribution is 2.10. The van der Waals surface area contributed by atoms with Gasteiger partial charge in [-0.05, 0) is 6.42 Å². The highest BCUT2D eigenvalue weighted by Gasteiger charge is 1.96. The van der Waals surface area contributed by atoms with E-state index in [1.807, 2.05) is 0 Å². The number of hydrogen-bond donors (Lipinski definition) is 2. The SMILES string of the molecule is C=C.C=CC(=O)O.CCCCCCCCCCCC(=O)O. The van der Waals surface area contributed by atoms with Gasteiger partial charge in [-0.2, -0.15) is 0 Å². The third-order valence-corrected chi connectivity index (χ3v) is 2.67. The van der Waals surface area contributed by atoms with E-state index in [0.29, 0.717) is 6.42 Å². The topological polar surface area (TPSA) is 74.6 Å². The van der Waals surface area contributed by atoms with Gasteiger partial charge in [0.15, 0.2) is 0 Å². The fourth-order valence-electron chi connectivity index (χ4n) is 1.59. The highest BCUT2D eigenvalue weighted by atomic mass is 16.4. The second-order valence-corrected chi connectivity index (χ2v) is 4.51. The van der Waals surface area contributed by atoms with E-state index in [2.05, 4.69) is 26.7 Å². The highest BCUT2D eigenvalue weighted by molar-refractivity contribution is 5.78. The lowest BCUT2D eigenvalue weighted by molar-refractivity contribution is -0.137. The predicted molar refractivity (Wildman–Crippen MR) is 88.6 cm³/mol. The number of unbranched alkanes of at least 4 members (excludes halogenated alkanes) is 8. The summed E-state index contributed by atoms with van der Waals surface area (Å²) in [5.74, 6) is -1.64. The summed E-state index contributed by atoms with van der Waals surface area (Å²) in [6, 6.07) is 0. The Morgan fingerprint density at radius 2 is 1.19 bits per heavy atom. The zero-order valence-electron chi connectivity index (χ0n) is 13.5. The third kappa shape index (κ3) is 38.1. The molecule has 0 fully saturated rings. The average Bonchev–Trinajstić information content (AvgIpc) is 2.48. The van der Waals surface area contributed by atoms with Gasteiger partial charge in [0.05, 0.1) is 0 Å². The first-order chi connectivity index (χ1) is 10.0. The zero-order valence-corrected chi connectivity index (χ0v) is 13.5. The number of carboxylic acids is 2. The van der Waals surface area contributed by atoms with Crippen LogP contribution >= 0.6 is 0 Å². The molecule has 0 saturated heterocycles. The van der Waals surface area contributed by atoms with Crippen molar-refractivity contribution in [2.45, 2.75) is 71.1 Å². The summed E-state index contributed by atoms with van der Waals surface area (Å²) >= 11 is 0. The number of hydrogen-bond acceptors (Lipinski definition) is 2. The van der Waals surface area contributed by atoms with Gasteiger partial charge in [-0.15, -0.1) is 13.2 Å². The Morgan fingerprint density at radius 3 is 1.48 bits per heavy atom. The van der Waals surface area contributed by atoms with Crippen molar-refractivity contribution < 1.29 is 19.8 Å². The lowest BCUT2D eigenvalue weighted by atomic mass is 10.1. The van der Waals surface area contributed by atoms with Gasteiger partial charge in [-0.3, -0.25) is 4.79 Å². The number of aliphatic carboxylic acids is 2. The van der Waals surface area contributed by atoms with Crippen molar-refractivity contribution in [2.75, 3.05) is 0 Å². The van der Waals surface area contributed by atoms with Crippen LogP contribution in [-0.2, 0) is 9.59 Å². The fraction of sp³-hybridized carbons (Fsp3) is 0.647. The summed E-state index contributed by atoms with van der Waals surface area (Å²) in [4.78, 5) is 19.5. The number of carbonyl (C=O) groups is 2. The smallest absolute Gasteiger partial charge is 0.327 e. The van der Waals surface area contributed by atoms with Gasteiger partial charge in [0, 0.05) is 12.5 Å². The molecule has 2 N–H and O–H groups in total. The van der Waals surface area contributed by atoms with Crippen LogP contribution in [0.2, 0.25) is 0 Å². The maximum Gasteiger partial charge on any atom is 0.327 e. The van der Waals surface area contributed by atoms with Crippen molar-refractivity contribution >= 4 is 11.9 Å². The molecule has 4 nitrogen and oxygen atoms in total. The van der Waals surface area contributed by atoms with Crippen LogP contribution in [0.4, 0.5) is 0 Å². The summed E-state index contributed by atoms with van der Waals surface area (Å²) in [6.45, 7) is 11.2. The van der Waals surface area contributed by atoms with Gasteiger partial charge >= 0.3 is 11.9 Å². The van der Waals surface area contributed by atoms with Gasteiger partial charge in [0.2, 0.25) is 0 Å². The molecule has 124 valence electrons.